The number of nitrogen functional groups attached to an aromatic ring is 1. The van der Waals surface area contributed by atoms with Crippen molar-refractivity contribution in [2.24, 2.45) is 0 Å². The molecule has 0 saturated carbocycles. The maximum atomic E-state index is 10.4. The number of anilines is 1. The molecule has 0 bridgehead atoms. The summed E-state index contributed by atoms with van der Waals surface area (Å²) >= 11 is 1.25. The largest absolute Gasteiger partial charge is 0.481 e. The predicted molar refractivity (Wildman–Crippen MR) is 47.2 cm³/mol. The molecule has 66 valence electrons. The molecule has 0 amide bonds. The zero-order valence-electron chi connectivity index (χ0n) is 6.70. The SMILES string of the molecule is CCc1nc(N)sc1CC(=O)O. The Morgan fingerprint density at radius 2 is 2.42 bits per heavy atom. The minimum absolute atomic E-state index is 0.0258. The number of nitrogens with two attached hydrogens (primary N) is 1. The second-order valence-electron chi connectivity index (χ2n) is 2.35. The first-order chi connectivity index (χ1) is 5.63. The Kier molecular flexibility index (Phi) is 2.65. The number of aliphatic carboxylic acids is 1. The smallest absolute Gasteiger partial charge is 0.308 e. The van der Waals surface area contributed by atoms with Gasteiger partial charge in [0.05, 0.1) is 12.1 Å². The van der Waals surface area contributed by atoms with Gasteiger partial charge in [-0.3, -0.25) is 4.79 Å². The normalized spacial score (nSPS) is 10.1. The Balaban J connectivity index is 2.89. The van der Waals surface area contributed by atoms with E-state index < -0.39 is 5.97 Å². The van der Waals surface area contributed by atoms with E-state index in [-0.39, 0.29) is 6.42 Å². The van der Waals surface area contributed by atoms with Crippen LogP contribution in [0, 0.1) is 0 Å². The molecule has 12 heavy (non-hydrogen) atoms. The highest BCUT2D eigenvalue weighted by Crippen LogP contribution is 2.21. The fourth-order valence-electron chi connectivity index (χ4n) is 0.955. The Labute approximate surface area is 74.0 Å². The molecule has 0 aliphatic heterocycles. The van der Waals surface area contributed by atoms with Gasteiger partial charge in [0, 0.05) is 4.88 Å². The van der Waals surface area contributed by atoms with Crippen LogP contribution in [0.5, 0.6) is 0 Å². The van der Waals surface area contributed by atoms with E-state index in [1.54, 1.807) is 0 Å². The fourth-order valence-corrected chi connectivity index (χ4v) is 1.87. The number of nitrogens with zero attached hydrogens (tertiary/aromatic N) is 1. The molecule has 0 spiro atoms. The summed E-state index contributed by atoms with van der Waals surface area (Å²) in [5.74, 6) is -0.839. The van der Waals surface area contributed by atoms with Crippen LogP contribution in [-0.4, -0.2) is 16.1 Å². The lowest BCUT2D eigenvalue weighted by atomic mass is 10.2. The van der Waals surface area contributed by atoms with Crippen LogP contribution in [0.2, 0.25) is 0 Å². The van der Waals surface area contributed by atoms with Gasteiger partial charge in [-0.25, -0.2) is 4.98 Å². The number of carboxylic acid groups (broad SMARTS) is 1. The summed E-state index contributed by atoms with van der Waals surface area (Å²) in [5.41, 5.74) is 6.25. The molecule has 4 nitrogen and oxygen atoms in total. The van der Waals surface area contributed by atoms with Crippen molar-refractivity contribution in [3.8, 4) is 0 Å². The van der Waals surface area contributed by atoms with Gasteiger partial charge < -0.3 is 10.8 Å². The van der Waals surface area contributed by atoms with Gasteiger partial charge in [0.1, 0.15) is 0 Å². The molecule has 1 aromatic rings. The van der Waals surface area contributed by atoms with Crippen LogP contribution in [0.15, 0.2) is 0 Å². The number of aromatic nitrogens is 1. The molecule has 1 heterocycles. The molecule has 1 rings (SSSR count). The first-order valence-corrected chi connectivity index (χ1v) is 4.41. The summed E-state index contributed by atoms with van der Waals surface area (Å²) in [5, 5.41) is 8.98. The zero-order valence-corrected chi connectivity index (χ0v) is 7.52. The minimum Gasteiger partial charge on any atom is -0.481 e. The third-order valence-electron chi connectivity index (χ3n) is 1.44. The molecule has 0 aliphatic rings. The monoisotopic (exact) mass is 186 g/mol. The van der Waals surface area contributed by atoms with Crippen LogP contribution in [0.25, 0.3) is 0 Å². The van der Waals surface area contributed by atoms with Crippen LogP contribution in [0.3, 0.4) is 0 Å². The molecular formula is C7H10N2O2S. The van der Waals surface area contributed by atoms with E-state index in [1.165, 1.54) is 11.3 Å². The highest BCUT2D eigenvalue weighted by Gasteiger charge is 2.10. The van der Waals surface area contributed by atoms with E-state index in [0.29, 0.717) is 5.13 Å². The molecule has 0 aliphatic carbocycles. The molecule has 0 radical (unpaired) electrons. The minimum atomic E-state index is -0.839. The van der Waals surface area contributed by atoms with E-state index in [1.807, 2.05) is 6.92 Å². The quantitative estimate of drug-likeness (QED) is 0.735. The first-order valence-electron chi connectivity index (χ1n) is 3.59. The van der Waals surface area contributed by atoms with Gasteiger partial charge in [0.2, 0.25) is 0 Å². The third-order valence-corrected chi connectivity index (χ3v) is 2.37. The first kappa shape index (κ1) is 8.99. The summed E-state index contributed by atoms with van der Waals surface area (Å²) < 4.78 is 0. The summed E-state index contributed by atoms with van der Waals surface area (Å²) in [4.78, 5) is 15.2. The van der Waals surface area contributed by atoms with Crippen molar-refractivity contribution in [2.75, 3.05) is 5.73 Å². The summed E-state index contributed by atoms with van der Waals surface area (Å²) in [6, 6.07) is 0. The molecule has 1 aromatic heterocycles. The van der Waals surface area contributed by atoms with Crippen LogP contribution >= 0.6 is 11.3 Å². The highest BCUT2D eigenvalue weighted by atomic mass is 32.1. The number of aryl methyl sites for hydroxylation is 1. The number of rotatable bonds is 3. The van der Waals surface area contributed by atoms with Gasteiger partial charge in [-0.2, -0.15) is 0 Å². The predicted octanol–water partition coefficient (Wildman–Crippen LogP) is 0.915. The zero-order chi connectivity index (χ0) is 9.14. The van der Waals surface area contributed by atoms with Crippen LogP contribution in [0.4, 0.5) is 5.13 Å². The van der Waals surface area contributed by atoms with Crippen molar-refractivity contribution < 1.29 is 9.90 Å². The standard InChI is InChI=1S/C7H10N2O2S/c1-2-4-5(3-6(10)11)12-7(8)9-4/h2-3H2,1H3,(H2,8,9)(H,10,11). The molecule has 0 aromatic carbocycles. The second-order valence-corrected chi connectivity index (χ2v) is 3.46. The number of hydrogen-bond donors (Lipinski definition) is 2. The maximum absolute atomic E-state index is 10.4. The van der Waals surface area contributed by atoms with Crippen molar-refractivity contribution in [3.63, 3.8) is 0 Å². The lowest BCUT2D eigenvalue weighted by molar-refractivity contribution is -0.136. The lowest BCUT2D eigenvalue weighted by Crippen LogP contribution is -2.00. The number of carbonyl (C=O) groups is 1. The fraction of sp³-hybridized carbons (Fsp3) is 0.429. The average molecular weight is 186 g/mol. The van der Waals surface area contributed by atoms with Crippen LogP contribution in [-0.2, 0) is 17.6 Å². The topological polar surface area (TPSA) is 76.2 Å². The van der Waals surface area contributed by atoms with Crippen LogP contribution in [0.1, 0.15) is 17.5 Å². The van der Waals surface area contributed by atoms with Crippen molar-refractivity contribution in [1.29, 1.82) is 0 Å². The van der Waals surface area contributed by atoms with Crippen molar-refractivity contribution >= 4 is 22.4 Å². The lowest BCUT2D eigenvalue weighted by Gasteiger charge is -1.92. The Morgan fingerprint density at radius 3 is 2.92 bits per heavy atom. The molecule has 0 saturated heterocycles. The number of carboxylic acids is 1. The van der Waals surface area contributed by atoms with E-state index in [2.05, 4.69) is 4.98 Å². The molecule has 0 fully saturated rings. The Hall–Kier alpha value is -1.10. The van der Waals surface area contributed by atoms with Gasteiger partial charge in [-0.15, -0.1) is 11.3 Å². The van der Waals surface area contributed by atoms with E-state index in [0.717, 1.165) is 17.0 Å². The molecular weight excluding hydrogens is 176 g/mol. The van der Waals surface area contributed by atoms with Crippen LogP contribution < -0.4 is 5.73 Å². The van der Waals surface area contributed by atoms with Crippen molar-refractivity contribution in [3.05, 3.63) is 10.6 Å². The third kappa shape index (κ3) is 1.94. The molecule has 3 N–H and O–H groups in total. The van der Waals surface area contributed by atoms with Crippen molar-refractivity contribution in [2.45, 2.75) is 19.8 Å². The van der Waals surface area contributed by atoms with Gasteiger partial charge in [-0.05, 0) is 6.42 Å². The maximum Gasteiger partial charge on any atom is 0.308 e. The van der Waals surface area contributed by atoms with Gasteiger partial charge in [0.25, 0.3) is 0 Å². The number of hydrogen-bond acceptors (Lipinski definition) is 4. The molecule has 5 heteroatoms. The van der Waals surface area contributed by atoms with Crippen molar-refractivity contribution in [1.82, 2.24) is 4.98 Å². The second kappa shape index (κ2) is 3.53. The van der Waals surface area contributed by atoms with Gasteiger partial charge >= 0.3 is 5.97 Å². The summed E-state index contributed by atoms with van der Waals surface area (Å²) in [6.07, 6.45) is 0.758. The Bertz CT molecular complexity index is 296. The van der Waals surface area contributed by atoms with E-state index in [4.69, 9.17) is 10.8 Å². The Morgan fingerprint density at radius 1 is 1.75 bits per heavy atom. The highest BCUT2D eigenvalue weighted by molar-refractivity contribution is 7.15. The van der Waals surface area contributed by atoms with Gasteiger partial charge in [0.15, 0.2) is 5.13 Å². The average Bonchev–Trinajstić information content (AvgIpc) is 2.29. The molecule has 0 unspecified atom stereocenters. The molecule has 0 atom stereocenters. The number of thiazole rings is 1. The van der Waals surface area contributed by atoms with E-state index in [9.17, 15) is 4.79 Å². The van der Waals surface area contributed by atoms with Gasteiger partial charge in [-0.1, -0.05) is 6.92 Å². The van der Waals surface area contributed by atoms with E-state index >= 15 is 0 Å². The summed E-state index contributed by atoms with van der Waals surface area (Å²) in [7, 11) is 0. The summed E-state index contributed by atoms with van der Waals surface area (Å²) in [6.45, 7) is 1.93.